The SMILES string of the molecule is COc1ccc2nccc(C(O)CC[C@@H]3CCN(CCCc4sccc4Cl)C[C@@H]3CCC(=O)O)c2c1. The number of rotatable bonds is 12. The van der Waals surface area contributed by atoms with Gasteiger partial charge in [-0.05, 0) is 105 Å². The highest BCUT2D eigenvalue weighted by atomic mass is 35.5. The lowest BCUT2D eigenvalue weighted by molar-refractivity contribution is -0.137. The molecule has 36 heavy (non-hydrogen) atoms. The Labute approximate surface area is 221 Å². The molecule has 8 heteroatoms. The number of aromatic nitrogens is 1. The number of thiophene rings is 1. The normalized spacial score (nSPS) is 19.4. The molecule has 1 saturated heterocycles. The summed E-state index contributed by atoms with van der Waals surface area (Å²) in [5.41, 5.74) is 1.70. The van der Waals surface area contributed by atoms with Crippen LogP contribution in [0.2, 0.25) is 5.02 Å². The van der Waals surface area contributed by atoms with Crippen molar-refractivity contribution in [2.24, 2.45) is 11.8 Å². The topological polar surface area (TPSA) is 82.9 Å². The van der Waals surface area contributed by atoms with Gasteiger partial charge in [-0.15, -0.1) is 11.3 Å². The molecule has 6 nitrogen and oxygen atoms in total. The summed E-state index contributed by atoms with van der Waals surface area (Å²) in [6.07, 6.45) is 6.58. The number of carbonyl (C=O) groups is 1. The summed E-state index contributed by atoms with van der Waals surface area (Å²) in [7, 11) is 1.63. The molecule has 194 valence electrons. The predicted molar refractivity (Wildman–Crippen MR) is 145 cm³/mol. The van der Waals surface area contributed by atoms with Crippen LogP contribution in [0.25, 0.3) is 10.9 Å². The van der Waals surface area contributed by atoms with Crippen molar-refractivity contribution in [3.63, 3.8) is 0 Å². The zero-order valence-corrected chi connectivity index (χ0v) is 22.3. The Bertz CT molecular complexity index is 1150. The summed E-state index contributed by atoms with van der Waals surface area (Å²) >= 11 is 7.95. The molecule has 0 saturated carbocycles. The second kappa shape index (κ2) is 12.9. The van der Waals surface area contributed by atoms with Gasteiger partial charge in [-0.25, -0.2) is 0 Å². The number of methoxy groups -OCH3 is 1. The Morgan fingerprint density at radius 2 is 2.14 bits per heavy atom. The van der Waals surface area contributed by atoms with Gasteiger partial charge in [0, 0.05) is 29.4 Å². The highest BCUT2D eigenvalue weighted by Gasteiger charge is 2.30. The molecule has 0 amide bonds. The molecule has 0 radical (unpaired) electrons. The van der Waals surface area contributed by atoms with Crippen LogP contribution >= 0.6 is 22.9 Å². The molecule has 2 aromatic heterocycles. The first-order chi connectivity index (χ1) is 17.4. The van der Waals surface area contributed by atoms with E-state index in [0.29, 0.717) is 24.7 Å². The van der Waals surface area contributed by atoms with Crippen LogP contribution in [0.1, 0.15) is 55.1 Å². The molecule has 2 N–H and O–H groups in total. The third kappa shape index (κ3) is 6.97. The average Bonchev–Trinajstić information content (AvgIpc) is 3.30. The van der Waals surface area contributed by atoms with Crippen LogP contribution in [-0.4, -0.2) is 52.8 Å². The number of benzene rings is 1. The molecule has 1 aliphatic rings. The van der Waals surface area contributed by atoms with Crippen LogP contribution in [0.4, 0.5) is 0 Å². The number of pyridine rings is 1. The number of fused-ring (bicyclic) bond motifs is 1. The molecular weight excluding hydrogens is 496 g/mol. The Kier molecular flexibility index (Phi) is 9.60. The summed E-state index contributed by atoms with van der Waals surface area (Å²) in [6.45, 7) is 2.93. The quantitative estimate of drug-likeness (QED) is 0.290. The number of aryl methyl sites for hydroxylation is 1. The Balaban J connectivity index is 1.36. The van der Waals surface area contributed by atoms with E-state index in [9.17, 15) is 15.0 Å². The van der Waals surface area contributed by atoms with Crippen molar-refractivity contribution in [2.75, 3.05) is 26.7 Å². The van der Waals surface area contributed by atoms with Crippen LogP contribution in [0.15, 0.2) is 41.9 Å². The van der Waals surface area contributed by atoms with Gasteiger partial charge in [-0.1, -0.05) is 11.6 Å². The number of aliphatic hydroxyl groups is 1. The number of likely N-dealkylation sites (tertiary alicyclic amines) is 1. The largest absolute Gasteiger partial charge is 0.497 e. The fraction of sp³-hybridized carbons (Fsp3) is 0.500. The van der Waals surface area contributed by atoms with Gasteiger partial charge in [0.1, 0.15) is 5.75 Å². The van der Waals surface area contributed by atoms with E-state index in [2.05, 4.69) is 9.88 Å². The molecule has 3 aromatic rings. The molecule has 0 spiro atoms. The minimum absolute atomic E-state index is 0.192. The molecule has 1 aliphatic heterocycles. The van der Waals surface area contributed by atoms with Crippen molar-refractivity contribution >= 4 is 39.8 Å². The highest BCUT2D eigenvalue weighted by Crippen LogP contribution is 2.35. The van der Waals surface area contributed by atoms with Gasteiger partial charge in [0.2, 0.25) is 0 Å². The van der Waals surface area contributed by atoms with Crippen molar-refractivity contribution in [3.8, 4) is 5.75 Å². The number of piperidine rings is 1. The molecule has 4 rings (SSSR count). The lowest BCUT2D eigenvalue weighted by Gasteiger charge is -2.39. The van der Waals surface area contributed by atoms with Crippen molar-refractivity contribution < 1.29 is 19.7 Å². The molecule has 1 unspecified atom stereocenters. The van der Waals surface area contributed by atoms with Crippen molar-refractivity contribution in [3.05, 3.63) is 57.4 Å². The number of carboxylic acids is 1. The van der Waals surface area contributed by atoms with Gasteiger partial charge in [0.25, 0.3) is 0 Å². The maximum atomic E-state index is 11.3. The van der Waals surface area contributed by atoms with Gasteiger partial charge >= 0.3 is 5.97 Å². The smallest absolute Gasteiger partial charge is 0.303 e. The Hall–Kier alpha value is -2.19. The number of ether oxygens (including phenoxy) is 1. The summed E-state index contributed by atoms with van der Waals surface area (Å²) in [5.74, 6) is 0.730. The van der Waals surface area contributed by atoms with Crippen LogP contribution < -0.4 is 4.74 Å². The third-order valence-corrected chi connectivity index (χ3v) is 8.87. The van der Waals surface area contributed by atoms with E-state index in [1.165, 1.54) is 4.88 Å². The van der Waals surface area contributed by atoms with Crippen LogP contribution in [-0.2, 0) is 11.2 Å². The molecule has 3 atom stereocenters. The van der Waals surface area contributed by atoms with Crippen molar-refractivity contribution in [2.45, 2.75) is 51.0 Å². The number of nitrogens with zero attached hydrogens (tertiary/aromatic N) is 2. The maximum absolute atomic E-state index is 11.3. The minimum atomic E-state index is -0.740. The first kappa shape index (κ1) is 26.9. The molecular formula is C28H35ClN2O4S. The van der Waals surface area contributed by atoms with Crippen molar-refractivity contribution in [1.29, 1.82) is 0 Å². The lowest BCUT2D eigenvalue weighted by Crippen LogP contribution is -2.41. The van der Waals surface area contributed by atoms with E-state index in [-0.39, 0.29) is 6.42 Å². The summed E-state index contributed by atoms with van der Waals surface area (Å²) < 4.78 is 5.37. The monoisotopic (exact) mass is 530 g/mol. The number of hydrogen-bond acceptors (Lipinski definition) is 6. The van der Waals surface area contributed by atoms with Gasteiger partial charge in [0.05, 0.1) is 23.8 Å². The number of hydrogen-bond donors (Lipinski definition) is 2. The fourth-order valence-electron chi connectivity index (χ4n) is 5.43. The molecule has 1 aromatic carbocycles. The second-order valence-corrected chi connectivity index (χ2v) is 11.1. The summed E-state index contributed by atoms with van der Waals surface area (Å²) in [6, 6.07) is 9.56. The van der Waals surface area contributed by atoms with Crippen LogP contribution in [0, 0.1) is 11.8 Å². The van der Waals surface area contributed by atoms with Gasteiger partial charge in [0.15, 0.2) is 0 Å². The van der Waals surface area contributed by atoms with E-state index in [1.54, 1.807) is 24.6 Å². The molecule has 0 aliphatic carbocycles. The van der Waals surface area contributed by atoms with E-state index in [0.717, 1.165) is 72.6 Å². The van der Waals surface area contributed by atoms with Crippen molar-refractivity contribution in [1.82, 2.24) is 9.88 Å². The Morgan fingerprint density at radius 1 is 1.28 bits per heavy atom. The van der Waals surface area contributed by atoms with E-state index in [1.807, 2.05) is 35.7 Å². The van der Waals surface area contributed by atoms with Crippen LogP contribution in [0.3, 0.4) is 0 Å². The first-order valence-corrected chi connectivity index (χ1v) is 14.0. The van der Waals surface area contributed by atoms with E-state index in [4.69, 9.17) is 16.3 Å². The predicted octanol–water partition coefficient (Wildman–Crippen LogP) is 6.21. The third-order valence-electron chi connectivity index (χ3n) is 7.43. The minimum Gasteiger partial charge on any atom is -0.497 e. The summed E-state index contributed by atoms with van der Waals surface area (Å²) in [4.78, 5) is 19.4. The van der Waals surface area contributed by atoms with E-state index >= 15 is 0 Å². The van der Waals surface area contributed by atoms with E-state index < -0.39 is 12.1 Å². The fourth-order valence-corrected chi connectivity index (χ4v) is 6.61. The van der Waals surface area contributed by atoms with Gasteiger partial charge in [-0.3, -0.25) is 9.78 Å². The molecule has 1 fully saturated rings. The summed E-state index contributed by atoms with van der Waals surface area (Å²) in [5, 5.41) is 24.2. The molecule has 3 heterocycles. The zero-order valence-electron chi connectivity index (χ0n) is 20.7. The first-order valence-electron chi connectivity index (χ1n) is 12.7. The van der Waals surface area contributed by atoms with Crippen LogP contribution in [0.5, 0.6) is 5.75 Å². The highest BCUT2D eigenvalue weighted by molar-refractivity contribution is 7.10. The lowest BCUT2D eigenvalue weighted by atomic mass is 9.79. The second-order valence-electron chi connectivity index (χ2n) is 9.71. The van der Waals surface area contributed by atoms with Gasteiger partial charge in [-0.2, -0.15) is 0 Å². The zero-order chi connectivity index (χ0) is 25.5. The number of carboxylic acid groups (broad SMARTS) is 1. The number of aliphatic carboxylic acids is 1. The Morgan fingerprint density at radius 3 is 2.89 bits per heavy atom. The number of halogens is 1. The number of aliphatic hydroxyl groups excluding tert-OH is 1. The maximum Gasteiger partial charge on any atom is 0.303 e. The van der Waals surface area contributed by atoms with Gasteiger partial charge < -0.3 is 19.8 Å². The standard InChI is InChI=1S/C28H35ClN2O4S/c1-35-21-6-7-25-23(17-21)22(10-13-30-25)26(32)8-4-19-11-15-31(18-20(19)5-9-28(33)34)14-2-3-27-24(29)12-16-36-27/h6-7,10,12-13,16-17,19-20,26,32H,2-5,8-9,11,14-15,18H2,1H3,(H,33,34)/t19-,20+,26?/m1/s1. The molecule has 0 bridgehead atoms. The average molecular weight is 531 g/mol.